The number of para-hydroxylation sites is 1. The number of carbonyl (C=O) groups is 3. The highest BCUT2D eigenvalue weighted by atomic mass is 32.1. The number of rotatable bonds is 4. The van der Waals surface area contributed by atoms with Gasteiger partial charge in [0.2, 0.25) is 0 Å². The molecule has 1 aromatic carbocycles. The number of nitrogens with one attached hydrogen (secondary N) is 2. The molecule has 29 heavy (non-hydrogen) atoms. The van der Waals surface area contributed by atoms with Crippen molar-refractivity contribution in [2.24, 2.45) is 5.92 Å². The van der Waals surface area contributed by atoms with E-state index in [2.05, 4.69) is 22.3 Å². The maximum Gasteiger partial charge on any atom is 0.413 e. The number of hydrogen-bond acceptors (Lipinski definition) is 7. The van der Waals surface area contributed by atoms with Crippen LogP contribution in [0.1, 0.15) is 44.5 Å². The molecule has 1 aliphatic rings. The van der Waals surface area contributed by atoms with Gasteiger partial charge in [-0.25, -0.2) is 4.79 Å². The van der Waals surface area contributed by atoms with Crippen molar-refractivity contribution in [3.63, 3.8) is 0 Å². The van der Waals surface area contributed by atoms with Gasteiger partial charge in [0.1, 0.15) is 10.6 Å². The molecule has 1 heterocycles. The Hall–Kier alpha value is -3.27. The van der Waals surface area contributed by atoms with Gasteiger partial charge in [0, 0.05) is 10.9 Å². The van der Waals surface area contributed by atoms with E-state index in [9.17, 15) is 24.5 Å². The highest BCUT2D eigenvalue weighted by molar-refractivity contribution is 7.17. The maximum atomic E-state index is 12.7. The van der Waals surface area contributed by atoms with Gasteiger partial charge in [-0.2, -0.15) is 0 Å². The van der Waals surface area contributed by atoms with Gasteiger partial charge in [0.15, 0.2) is 0 Å². The summed E-state index contributed by atoms with van der Waals surface area (Å²) in [7, 11) is 1.14. The summed E-state index contributed by atoms with van der Waals surface area (Å²) in [6, 6.07) is 5.57. The first kappa shape index (κ1) is 20.5. The van der Waals surface area contributed by atoms with Crippen LogP contribution in [0.25, 0.3) is 0 Å². The topological polar surface area (TPSA) is 128 Å². The number of thiophene rings is 1. The number of hydrogen-bond donors (Lipinski definition) is 2. The molecule has 1 aromatic heterocycles. The highest BCUT2D eigenvalue weighted by Gasteiger charge is 2.30. The third-order valence-electron chi connectivity index (χ3n) is 4.71. The molecular formula is C19H19N3O6S. The van der Waals surface area contributed by atoms with E-state index in [-0.39, 0.29) is 21.8 Å². The average molecular weight is 417 g/mol. The summed E-state index contributed by atoms with van der Waals surface area (Å²) in [5, 5.41) is 16.2. The molecule has 2 N–H and O–H groups in total. The largest absolute Gasteiger partial charge is 0.453 e. The number of nitro groups is 1. The predicted octanol–water partition coefficient (Wildman–Crippen LogP) is 3.53. The second-order valence-corrected chi connectivity index (χ2v) is 7.84. The fourth-order valence-corrected chi connectivity index (χ4v) is 4.68. The second kappa shape index (κ2) is 8.39. The zero-order valence-electron chi connectivity index (χ0n) is 15.8. The van der Waals surface area contributed by atoms with E-state index in [1.165, 1.54) is 35.6 Å². The number of fused-ring (bicyclic) bond motifs is 1. The molecule has 0 saturated heterocycles. The third kappa shape index (κ3) is 4.27. The number of nitro benzene ring substituents is 1. The normalized spacial score (nSPS) is 15.2. The number of alkyl carbamates (subject to hydrolysis) is 1. The molecule has 0 aliphatic heterocycles. The Morgan fingerprint density at radius 3 is 2.66 bits per heavy atom. The van der Waals surface area contributed by atoms with E-state index < -0.39 is 22.8 Å². The Bertz CT molecular complexity index is 1000. The first-order valence-corrected chi connectivity index (χ1v) is 9.72. The van der Waals surface area contributed by atoms with Gasteiger partial charge in [-0.1, -0.05) is 19.1 Å². The minimum atomic E-state index is -0.907. The molecule has 2 aromatic rings. The zero-order valence-corrected chi connectivity index (χ0v) is 16.6. The van der Waals surface area contributed by atoms with Crippen LogP contribution >= 0.6 is 11.3 Å². The molecule has 152 valence electrons. The minimum Gasteiger partial charge on any atom is -0.453 e. The average Bonchev–Trinajstić information content (AvgIpc) is 3.04. The number of ether oxygens (including phenoxy) is 1. The lowest BCUT2D eigenvalue weighted by Crippen LogP contribution is -2.31. The van der Waals surface area contributed by atoms with Gasteiger partial charge in [0.25, 0.3) is 17.5 Å². The van der Waals surface area contributed by atoms with E-state index in [0.717, 1.165) is 30.4 Å². The predicted molar refractivity (Wildman–Crippen MR) is 106 cm³/mol. The summed E-state index contributed by atoms with van der Waals surface area (Å²) in [4.78, 5) is 48.4. The molecular weight excluding hydrogens is 398 g/mol. The van der Waals surface area contributed by atoms with Crippen molar-refractivity contribution in [1.82, 2.24) is 5.32 Å². The summed E-state index contributed by atoms with van der Waals surface area (Å²) < 4.78 is 4.48. The lowest BCUT2D eigenvalue weighted by molar-refractivity contribution is -0.385. The van der Waals surface area contributed by atoms with Crippen molar-refractivity contribution in [3.05, 3.63) is 55.9 Å². The fourth-order valence-electron chi connectivity index (χ4n) is 3.28. The van der Waals surface area contributed by atoms with Gasteiger partial charge >= 0.3 is 6.09 Å². The molecule has 3 amide bonds. The fraction of sp³-hybridized carbons (Fsp3) is 0.316. The highest BCUT2D eigenvalue weighted by Crippen LogP contribution is 2.40. The van der Waals surface area contributed by atoms with Crippen LogP contribution in [-0.4, -0.2) is 29.9 Å². The van der Waals surface area contributed by atoms with Crippen LogP contribution in [0.5, 0.6) is 0 Å². The monoisotopic (exact) mass is 417 g/mol. The van der Waals surface area contributed by atoms with E-state index in [1.807, 2.05) is 0 Å². The van der Waals surface area contributed by atoms with Crippen molar-refractivity contribution in [3.8, 4) is 0 Å². The van der Waals surface area contributed by atoms with Crippen LogP contribution in [0.15, 0.2) is 24.3 Å². The SMILES string of the molecule is COC(=O)NC(=O)c1c(NC(=O)c2ccccc2[N+](=O)[O-])sc2c1CC[C@@H](C)C2. The van der Waals surface area contributed by atoms with Crippen LogP contribution < -0.4 is 10.6 Å². The molecule has 0 unspecified atom stereocenters. The number of methoxy groups -OCH3 is 1. The summed E-state index contributed by atoms with van der Waals surface area (Å²) in [6.07, 6.45) is 1.35. The van der Waals surface area contributed by atoms with Crippen molar-refractivity contribution < 1.29 is 24.0 Å². The zero-order chi connectivity index (χ0) is 21.1. The number of anilines is 1. The summed E-state index contributed by atoms with van der Waals surface area (Å²) in [6.45, 7) is 2.10. The molecule has 1 aliphatic carbocycles. The standard InChI is InChI=1S/C19H19N3O6S/c1-10-7-8-12-14(9-10)29-18(15(12)17(24)21-19(25)28-2)20-16(23)11-5-3-4-6-13(11)22(26)27/h3-6,10H,7-9H2,1-2H3,(H,20,23)(H,21,24,25)/t10-/m1/s1. The molecule has 1 atom stereocenters. The van der Waals surface area contributed by atoms with Gasteiger partial charge in [-0.05, 0) is 36.8 Å². The van der Waals surface area contributed by atoms with E-state index in [0.29, 0.717) is 12.3 Å². The Kier molecular flexibility index (Phi) is 5.92. The van der Waals surface area contributed by atoms with Crippen LogP contribution in [0.3, 0.4) is 0 Å². The molecule has 0 radical (unpaired) electrons. The van der Waals surface area contributed by atoms with Crippen molar-refractivity contribution in [2.75, 3.05) is 12.4 Å². The molecule has 10 heteroatoms. The first-order chi connectivity index (χ1) is 13.8. The van der Waals surface area contributed by atoms with Crippen molar-refractivity contribution in [2.45, 2.75) is 26.2 Å². The number of carbonyl (C=O) groups excluding carboxylic acids is 3. The molecule has 0 fully saturated rings. The van der Waals surface area contributed by atoms with Crippen LogP contribution in [-0.2, 0) is 17.6 Å². The Morgan fingerprint density at radius 2 is 1.97 bits per heavy atom. The lowest BCUT2D eigenvalue weighted by Gasteiger charge is -2.18. The van der Waals surface area contributed by atoms with Crippen molar-refractivity contribution in [1.29, 1.82) is 0 Å². The molecule has 0 spiro atoms. The Labute approximate surface area is 170 Å². The number of benzene rings is 1. The van der Waals surface area contributed by atoms with E-state index >= 15 is 0 Å². The van der Waals surface area contributed by atoms with E-state index in [4.69, 9.17) is 0 Å². The van der Waals surface area contributed by atoms with Crippen LogP contribution in [0, 0.1) is 16.0 Å². The minimum absolute atomic E-state index is 0.114. The van der Waals surface area contributed by atoms with Crippen molar-refractivity contribution >= 4 is 39.9 Å². The Balaban J connectivity index is 1.98. The second-order valence-electron chi connectivity index (χ2n) is 6.73. The van der Waals surface area contributed by atoms with Gasteiger partial charge in [0.05, 0.1) is 17.6 Å². The maximum absolute atomic E-state index is 12.7. The van der Waals surface area contributed by atoms with E-state index in [1.54, 1.807) is 0 Å². The summed E-state index contributed by atoms with van der Waals surface area (Å²) in [5.74, 6) is -0.950. The molecule has 0 bridgehead atoms. The Morgan fingerprint density at radius 1 is 1.24 bits per heavy atom. The number of imide groups is 1. The van der Waals surface area contributed by atoms with Gasteiger partial charge < -0.3 is 10.1 Å². The smallest absolute Gasteiger partial charge is 0.413 e. The van der Waals surface area contributed by atoms with Crippen LogP contribution in [0.4, 0.5) is 15.5 Å². The quantitative estimate of drug-likeness (QED) is 0.579. The summed E-state index contributed by atoms with van der Waals surface area (Å²) >= 11 is 1.25. The number of amides is 3. The van der Waals surface area contributed by atoms with Gasteiger partial charge in [-0.15, -0.1) is 11.3 Å². The summed E-state index contributed by atoms with van der Waals surface area (Å²) in [5.41, 5.74) is 0.540. The van der Waals surface area contributed by atoms with Gasteiger partial charge in [-0.3, -0.25) is 25.0 Å². The van der Waals surface area contributed by atoms with Crippen LogP contribution in [0.2, 0.25) is 0 Å². The molecule has 0 saturated carbocycles. The molecule has 9 nitrogen and oxygen atoms in total. The lowest BCUT2D eigenvalue weighted by atomic mass is 9.88. The number of nitrogens with zero attached hydrogens (tertiary/aromatic N) is 1. The molecule has 3 rings (SSSR count). The third-order valence-corrected chi connectivity index (χ3v) is 5.88. The first-order valence-electron chi connectivity index (χ1n) is 8.90.